The van der Waals surface area contributed by atoms with Crippen molar-refractivity contribution in [3.63, 3.8) is 0 Å². The summed E-state index contributed by atoms with van der Waals surface area (Å²) in [7, 11) is 0. The SMILES string of the molecule is O=C1NC(=O)[C@@]2(CCc3ccsc32)N1. The number of amides is 3. The molecule has 1 fully saturated rings. The van der Waals surface area contributed by atoms with Crippen LogP contribution in [0.2, 0.25) is 0 Å². The summed E-state index contributed by atoms with van der Waals surface area (Å²) in [5.74, 6) is -0.205. The van der Waals surface area contributed by atoms with Gasteiger partial charge in [0.15, 0.2) is 5.54 Å². The molecule has 4 nitrogen and oxygen atoms in total. The normalized spacial score (nSPS) is 29.1. The molecule has 1 aromatic rings. The van der Waals surface area contributed by atoms with Crippen LogP contribution in [0.5, 0.6) is 0 Å². The lowest BCUT2D eigenvalue weighted by Gasteiger charge is -2.18. The molecule has 2 aliphatic rings. The summed E-state index contributed by atoms with van der Waals surface area (Å²) in [4.78, 5) is 23.8. The van der Waals surface area contributed by atoms with Crippen LogP contribution in [0.15, 0.2) is 11.4 Å². The smallest absolute Gasteiger partial charge is 0.319 e. The molecule has 5 heteroatoms. The van der Waals surface area contributed by atoms with E-state index in [2.05, 4.69) is 10.6 Å². The van der Waals surface area contributed by atoms with Crippen molar-refractivity contribution in [3.8, 4) is 0 Å². The molecular weight excluding hydrogens is 200 g/mol. The van der Waals surface area contributed by atoms with Crippen molar-refractivity contribution in [1.29, 1.82) is 0 Å². The quantitative estimate of drug-likeness (QED) is 0.617. The number of fused-ring (bicyclic) bond motifs is 2. The first-order valence-corrected chi connectivity index (χ1v) is 5.31. The van der Waals surface area contributed by atoms with Crippen molar-refractivity contribution < 1.29 is 9.59 Å². The largest absolute Gasteiger partial charge is 0.322 e. The number of thiophene rings is 1. The molecule has 1 aliphatic heterocycles. The van der Waals surface area contributed by atoms with Gasteiger partial charge in [0.1, 0.15) is 0 Å². The van der Waals surface area contributed by atoms with Crippen LogP contribution in [-0.2, 0) is 16.8 Å². The Morgan fingerprint density at radius 2 is 2.29 bits per heavy atom. The fraction of sp³-hybridized carbons (Fsp3) is 0.333. The van der Waals surface area contributed by atoms with Gasteiger partial charge in [0, 0.05) is 4.88 Å². The molecule has 2 N–H and O–H groups in total. The van der Waals surface area contributed by atoms with Gasteiger partial charge in [0.2, 0.25) is 0 Å². The molecule has 2 heterocycles. The number of carbonyl (C=O) groups excluding carboxylic acids is 2. The fourth-order valence-electron chi connectivity index (χ4n) is 2.17. The molecule has 1 aliphatic carbocycles. The Bertz CT molecular complexity index is 440. The van der Waals surface area contributed by atoms with Gasteiger partial charge in [-0.25, -0.2) is 4.79 Å². The van der Waals surface area contributed by atoms with Crippen LogP contribution in [0.25, 0.3) is 0 Å². The monoisotopic (exact) mass is 208 g/mol. The summed E-state index contributed by atoms with van der Waals surface area (Å²) < 4.78 is 0. The van der Waals surface area contributed by atoms with Crippen molar-refractivity contribution in [3.05, 3.63) is 21.9 Å². The van der Waals surface area contributed by atoms with Crippen LogP contribution in [0, 0.1) is 0 Å². The van der Waals surface area contributed by atoms with E-state index in [1.807, 2.05) is 11.4 Å². The molecular formula is C9H8N2O2S. The van der Waals surface area contributed by atoms with Crippen molar-refractivity contribution >= 4 is 23.3 Å². The van der Waals surface area contributed by atoms with Crippen molar-refractivity contribution in [1.82, 2.24) is 10.6 Å². The van der Waals surface area contributed by atoms with Gasteiger partial charge < -0.3 is 5.32 Å². The Morgan fingerprint density at radius 1 is 1.43 bits per heavy atom. The lowest BCUT2D eigenvalue weighted by Crippen LogP contribution is -2.40. The van der Waals surface area contributed by atoms with E-state index in [0.717, 1.165) is 11.3 Å². The molecule has 0 saturated carbocycles. The Morgan fingerprint density at radius 3 is 3.00 bits per heavy atom. The van der Waals surface area contributed by atoms with Gasteiger partial charge in [-0.05, 0) is 29.9 Å². The number of rotatable bonds is 0. The zero-order valence-corrected chi connectivity index (χ0v) is 8.11. The van der Waals surface area contributed by atoms with E-state index in [-0.39, 0.29) is 11.9 Å². The van der Waals surface area contributed by atoms with E-state index >= 15 is 0 Å². The Hall–Kier alpha value is -1.36. The van der Waals surface area contributed by atoms with Crippen molar-refractivity contribution in [2.75, 3.05) is 0 Å². The van der Waals surface area contributed by atoms with Gasteiger partial charge in [0.25, 0.3) is 5.91 Å². The average Bonchev–Trinajstić information content (AvgIpc) is 2.73. The Balaban J connectivity index is 2.16. The average molecular weight is 208 g/mol. The van der Waals surface area contributed by atoms with Crippen LogP contribution in [0.4, 0.5) is 4.79 Å². The summed E-state index contributed by atoms with van der Waals surface area (Å²) in [5.41, 5.74) is 0.438. The highest BCUT2D eigenvalue weighted by Crippen LogP contribution is 2.42. The summed E-state index contributed by atoms with van der Waals surface area (Å²) in [5, 5.41) is 6.99. The third-order valence-electron chi connectivity index (χ3n) is 2.85. The first kappa shape index (κ1) is 7.99. The highest BCUT2D eigenvalue weighted by Gasteiger charge is 2.52. The first-order valence-electron chi connectivity index (χ1n) is 4.43. The van der Waals surface area contributed by atoms with Crippen LogP contribution in [-0.4, -0.2) is 11.9 Å². The molecule has 14 heavy (non-hydrogen) atoms. The van der Waals surface area contributed by atoms with Crippen LogP contribution in [0.3, 0.4) is 0 Å². The summed E-state index contributed by atoms with van der Waals surface area (Å²) in [6, 6.07) is 1.64. The van der Waals surface area contributed by atoms with Gasteiger partial charge in [-0.15, -0.1) is 11.3 Å². The maximum absolute atomic E-state index is 11.7. The number of hydrogen-bond donors (Lipinski definition) is 2. The van der Waals surface area contributed by atoms with Gasteiger partial charge in [-0.2, -0.15) is 0 Å². The number of nitrogens with one attached hydrogen (secondary N) is 2. The summed E-state index contributed by atoms with van der Waals surface area (Å²) >= 11 is 1.54. The number of aryl methyl sites for hydroxylation is 1. The predicted octanol–water partition coefficient (Wildman–Crippen LogP) is 0.729. The van der Waals surface area contributed by atoms with E-state index in [0.29, 0.717) is 6.42 Å². The Labute approximate surface area is 84.3 Å². The summed E-state index contributed by atoms with van der Waals surface area (Å²) in [6.07, 6.45) is 1.55. The molecule has 0 aromatic carbocycles. The lowest BCUT2D eigenvalue weighted by molar-refractivity contribution is -0.124. The first-order chi connectivity index (χ1) is 6.72. The predicted molar refractivity (Wildman–Crippen MR) is 51.0 cm³/mol. The second-order valence-corrected chi connectivity index (χ2v) is 4.50. The van der Waals surface area contributed by atoms with Crippen LogP contribution >= 0.6 is 11.3 Å². The standard InChI is InChI=1S/C9H8N2O2S/c12-7-9(11-8(13)10-7)3-1-5-2-4-14-6(5)9/h2,4H,1,3H2,(H2,10,11,12,13)/t9-/m0/s1. The van der Waals surface area contributed by atoms with Crippen molar-refractivity contribution in [2.24, 2.45) is 0 Å². The minimum absolute atomic E-state index is 0.205. The third-order valence-corrected chi connectivity index (χ3v) is 3.96. The maximum atomic E-state index is 11.7. The number of carbonyl (C=O) groups is 2. The third kappa shape index (κ3) is 0.778. The van der Waals surface area contributed by atoms with E-state index in [9.17, 15) is 9.59 Å². The second kappa shape index (κ2) is 2.36. The van der Waals surface area contributed by atoms with Gasteiger partial charge in [0.05, 0.1) is 0 Å². The Kier molecular flexibility index (Phi) is 1.35. The minimum atomic E-state index is -0.749. The van der Waals surface area contributed by atoms with Crippen LogP contribution in [0.1, 0.15) is 16.9 Å². The number of imide groups is 1. The number of urea groups is 1. The van der Waals surface area contributed by atoms with Gasteiger partial charge >= 0.3 is 6.03 Å². The fourth-order valence-corrected chi connectivity index (χ4v) is 3.31. The molecule has 1 atom stereocenters. The zero-order chi connectivity index (χ0) is 9.76. The van der Waals surface area contributed by atoms with E-state index < -0.39 is 5.54 Å². The van der Waals surface area contributed by atoms with E-state index in [4.69, 9.17) is 0 Å². The highest BCUT2D eigenvalue weighted by molar-refractivity contribution is 7.10. The van der Waals surface area contributed by atoms with Gasteiger partial charge in [-0.3, -0.25) is 10.1 Å². The molecule has 1 spiro atoms. The number of hydrogen-bond acceptors (Lipinski definition) is 3. The minimum Gasteiger partial charge on any atom is -0.319 e. The van der Waals surface area contributed by atoms with Crippen LogP contribution < -0.4 is 10.6 Å². The van der Waals surface area contributed by atoms with Gasteiger partial charge in [-0.1, -0.05) is 0 Å². The topological polar surface area (TPSA) is 58.2 Å². The molecule has 0 radical (unpaired) electrons. The lowest BCUT2D eigenvalue weighted by atomic mass is 9.99. The highest BCUT2D eigenvalue weighted by atomic mass is 32.1. The van der Waals surface area contributed by atoms with Crippen molar-refractivity contribution in [2.45, 2.75) is 18.4 Å². The molecule has 0 unspecified atom stereocenters. The second-order valence-electron chi connectivity index (χ2n) is 3.59. The van der Waals surface area contributed by atoms with E-state index in [1.165, 1.54) is 16.9 Å². The zero-order valence-electron chi connectivity index (χ0n) is 7.29. The molecule has 3 amide bonds. The molecule has 3 rings (SSSR count). The maximum Gasteiger partial charge on any atom is 0.322 e. The van der Waals surface area contributed by atoms with E-state index in [1.54, 1.807) is 0 Å². The molecule has 72 valence electrons. The summed E-state index contributed by atoms with van der Waals surface area (Å²) in [6.45, 7) is 0. The molecule has 0 bridgehead atoms. The molecule has 1 saturated heterocycles. The molecule has 1 aromatic heterocycles.